The fourth-order valence-electron chi connectivity index (χ4n) is 2.59. The van der Waals surface area contributed by atoms with Gasteiger partial charge in [-0.3, -0.25) is 14.4 Å². The lowest BCUT2D eigenvalue weighted by molar-refractivity contribution is -0.137. The van der Waals surface area contributed by atoms with Crippen molar-refractivity contribution in [1.82, 2.24) is 10.2 Å². The van der Waals surface area contributed by atoms with E-state index in [1.165, 1.54) is 11.9 Å². The summed E-state index contributed by atoms with van der Waals surface area (Å²) in [7, 11) is 1.42. The van der Waals surface area contributed by atoms with Crippen LogP contribution in [0.3, 0.4) is 0 Å². The number of Topliss-reactive ketones (excluding diaryl/α,β-unsaturated/α-hetero) is 1. The number of aliphatic hydroxyl groups excluding tert-OH is 1. The van der Waals surface area contributed by atoms with Gasteiger partial charge in [0.2, 0.25) is 11.8 Å². The number of ketones is 1. The zero-order chi connectivity index (χ0) is 27.3. The van der Waals surface area contributed by atoms with E-state index in [1.807, 2.05) is 0 Å². The van der Waals surface area contributed by atoms with E-state index in [4.69, 9.17) is 12.3 Å². The Labute approximate surface area is 167 Å². The van der Waals surface area contributed by atoms with Crippen molar-refractivity contribution in [3.63, 3.8) is 0 Å². The van der Waals surface area contributed by atoms with Gasteiger partial charge in [-0.1, -0.05) is 44.9 Å². The maximum absolute atomic E-state index is 13.0. The molecular formula is C20H28N2O4. The Morgan fingerprint density at radius 1 is 1.46 bits per heavy atom. The van der Waals surface area contributed by atoms with Crippen LogP contribution < -0.4 is 5.32 Å². The first-order valence-corrected chi connectivity index (χ1v) is 8.11. The monoisotopic (exact) mass is 369 g/mol. The molecule has 1 unspecified atom stereocenters. The minimum absolute atomic E-state index is 0.0981. The number of benzene rings is 1. The van der Waals surface area contributed by atoms with Crippen molar-refractivity contribution in [2.24, 2.45) is 11.8 Å². The average Bonchev–Trinajstić information content (AvgIpc) is 2.86. The van der Waals surface area contributed by atoms with E-state index in [1.54, 1.807) is 0 Å². The number of amides is 2. The van der Waals surface area contributed by atoms with Gasteiger partial charge in [0.1, 0.15) is 12.1 Å². The van der Waals surface area contributed by atoms with E-state index in [0.717, 1.165) is 13.8 Å². The highest BCUT2D eigenvalue weighted by Crippen LogP contribution is 2.25. The maximum Gasteiger partial charge on any atom is 0.249 e. The van der Waals surface area contributed by atoms with Gasteiger partial charge < -0.3 is 15.3 Å². The van der Waals surface area contributed by atoms with Crippen molar-refractivity contribution in [3.8, 4) is 0 Å². The summed E-state index contributed by atoms with van der Waals surface area (Å²) in [5.41, 5.74) is 0.00169. The largest absolute Gasteiger partial charge is 0.385 e. The van der Waals surface area contributed by atoms with Gasteiger partial charge in [-0.25, -0.2) is 0 Å². The molecule has 0 spiro atoms. The van der Waals surface area contributed by atoms with Crippen LogP contribution in [0.1, 0.15) is 56.6 Å². The lowest BCUT2D eigenvalue weighted by Gasteiger charge is -2.24. The number of fused-ring (bicyclic) bond motifs is 1. The molecule has 6 nitrogen and oxygen atoms in total. The molecule has 0 aliphatic carbocycles. The molecule has 0 aromatic heterocycles. The summed E-state index contributed by atoms with van der Waals surface area (Å²) in [4.78, 5) is 39.7. The van der Waals surface area contributed by atoms with Crippen molar-refractivity contribution in [2.75, 3.05) is 13.6 Å². The number of likely N-dealkylation sites (N-methyl/N-ethyl adjacent to an activating group) is 1. The van der Waals surface area contributed by atoms with E-state index in [0.29, 0.717) is 0 Å². The van der Waals surface area contributed by atoms with E-state index in [2.05, 4.69) is 5.32 Å². The van der Waals surface area contributed by atoms with Crippen molar-refractivity contribution in [2.45, 2.75) is 45.7 Å². The number of hydrogen-bond donors (Lipinski definition) is 2. The number of nitrogens with one attached hydrogen (secondary N) is 1. The second kappa shape index (κ2) is 8.45. The van der Waals surface area contributed by atoms with Gasteiger partial charge in [-0.2, -0.15) is 0 Å². The molecule has 1 heterocycles. The number of rotatable bonds is 6. The van der Waals surface area contributed by atoms with Gasteiger partial charge in [0, 0.05) is 32.8 Å². The van der Waals surface area contributed by atoms with Crippen molar-refractivity contribution in [1.29, 1.82) is 0 Å². The average molecular weight is 370 g/mol. The highest BCUT2D eigenvalue weighted by atomic mass is 16.3. The van der Waals surface area contributed by atoms with E-state index < -0.39 is 72.9 Å². The third kappa shape index (κ3) is 4.49. The van der Waals surface area contributed by atoms with Crippen molar-refractivity contribution >= 4 is 17.6 Å². The van der Waals surface area contributed by atoms with Gasteiger partial charge in [0.25, 0.3) is 0 Å². The normalized spacial score (nSPS) is 28.5. The predicted octanol–water partition coefficient (Wildman–Crippen LogP) is 1.47. The summed E-state index contributed by atoms with van der Waals surface area (Å²) in [6, 6.07) is -3.53. The first-order valence-electron chi connectivity index (χ1n) is 12.6. The fraction of sp³-hybridized carbons (Fsp3) is 0.550. The third-order valence-electron chi connectivity index (χ3n) is 4.22. The number of hydrogen-bond acceptors (Lipinski definition) is 4. The minimum atomic E-state index is -3.02. The summed E-state index contributed by atoms with van der Waals surface area (Å²) >= 11 is 0. The quantitative estimate of drug-likeness (QED) is 0.795. The first kappa shape index (κ1) is 10.8. The molecular weight excluding hydrogens is 332 g/mol. The lowest BCUT2D eigenvalue weighted by Crippen LogP contribution is -2.43. The summed E-state index contributed by atoms with van der Waals surface area (Å²) in [6.07, 6.45) is -3.19. The summed E-state index contributed by atoms with van der Waals surface area (Å²) in [5.74, 6) is -7.97. The summed E-state index contributed by atoms with van der Waals surface area (Å²) in [5, 5.41) is 12.5. The van der Waals surface area contributed by atoms with Crippen LogP contribution >= 0.6 is 0 Å². The predicted molar refractivity (Wildman–Crippen MR) is 98.3 cm³/mol. The molecule has 142 valence electrons. The number of carbonyl (C=O) groups is 3. The van der Waals surface area contributed by atoms with Crippen LogP contribution in [-0.2, 0) is 20.8 Å². The van der Waals surface area contributed by atoms with E-state index >= 15 is 0 Å². The molecule has 1 aliphatic rings. The van der Waals surface area contributed by atoms with Crippen LogP contribution in [0.5, 0.6) is 0 Å². The molecule has 0 radical (unpaired) electrons. The molecule has 26 heavy (non-hydrogen) atoms. The van der Waals surface area contributed by atoms with Crippen LogP contribution in [0.15, 0.2) is 24.2 Å². The molecule has 2 N–H and O–H groups in total. The third-order valence-corrected chi connectivity index (χ3v) is 4.22. The van der Waals surface area contributed by atoms with Gasteiger partial charge in [0.15, 0.2) is 5.78 Å². The van der Waals surface area contributed by atoms with Gasteiger partial charge in [-0.15, -0.1) is 0 Å². The standard InChI is InChI=1S/C20H28N2O4/c1-12(2)18(24)16(23)11-13(3)19(25)21-17-15-8-6-5-7-14(15)9-10-22(4)20(17)26/h5-8,12-13,17-18,24H,9-11H2,1-4H3,(H,21,25)/t13-,17+,18+/m1/s1/i1D3,5D,6D,7D,8D,12D,13D/t12?,13-,17+,18+. The summed E-state index contributed by atoms with van der Waals surface area (Å²) in [6.45, 7) is -1.06. The molecule has 0 fully saturated rings. The molecule has 0 saturated heterocycles. The Hall–Kier alpha value is -2.21. The molecule has 6 heteroatoms. The highest BCUT2D eigenvalue weighted by molar-refractivity contribution is 5.92. The lowest BCUT2D eigenvalue weighted by atomic mass is 9.94. The van der Waals surface area contributed by atoms with Crippen LogP contribution in [0, 0.1) is 11.8 Å². The first-order chi connectivity index (χ1) is 15.8. The fourth-order valence-corrected chi connectivity index (χ4v) is 2.59. The number of nitrogens with zero attached hydrogens (tertiary/aromatic N) is 1. The Balaban J connectivity index is 2.41. The van der Waals surface area contributed by atoms with Crippen LogP contribution in [0.2, 0.25) is 0 Å². The highest BCUT2D eigenvalue weighted by Gasteiger charge is 2.32. The topological polar surface area (TPSA) is 86.7 Å². The second-order valence-corrected chi connectivity index (χ2v) is 6.32. The smallest absolute Gasteiger partial charge is 0.249 e. The molecule has 0 bridgehead atoms. The molecule has 1 aliphatic heterocycles. The Kier molecular flexibility index (Phi) is 3.52. The molecule has 1 aromatic carbocycles. The van der Waals surface area contributed by atoms with Crippen molar-refractivity contribution in [3.05, 3.63) is 35.3 Å². The van der Waals surface area contributed by atoms with Gasteiger partial charge >= 0.3 is 0 Å². The van der Waals surface area contributed by atoms with Gasteiger partial charge in [-0.05, 0) is 23.4 Å². The van der Waals surface area contributed by atoms with Crippen LogP contribution in [0.25, 0.3) is 0 Å². The molecule has 4 atom stereocenters. The van der Waals surface area contributed by atoms with Crippen LogP contribution in [0.4, 0.5) is 0 Å². The SMILES string of the molecule is [2H]c1c([2H])c([2H])c2c(c1[2H])CCN(C)C(=O)[C@H]2NC(=O)[C@]([2H])(C)CC(=O)[C@@H](O)C([2H])(C)C([2H])([2H])[2H]. The molecule has 2 rings (SSSR count). The summed E-state index contributed by atoms with van der Waals surface area (Å²) < 4.78 is 70.5. The number of carbonyl (C=O) groups excluding carboxylic acids is 3. The van der Waals surface area contributed by atoms with Crippen molar-refractivity contribution < 1.29 is 31.8 Å². The molecule has 2 amide bonds. The molecule has 1 aromatic rings. The Morgan fingerprint density at radius 2 is 2.15 bits per heavy atom. The van der Waals surface area contributed by atoms with E-state index in [-0.39, 0.29) is 30.1 Å². The van der Waals surface area contributed by atoms with Crippen LogP contribution in [-0.4, -0.2) is 47.3 Å². The minimum Gasteiger partial charge on any atom is -0.385 e. The zero-order valence-electron chi connectivity index (χ0n) is 23.9. The second-order valence-electron chi connectivity index (χ2n) is 6.32. The Morgan fingerprint density at radius 3 is 2.85 bits per heavy atom. The molecule has 0 saturated carbocycles. The maximum atomic E-state index is 13.0. The van der Waals surface area contributed by atoms with Gasteiger partial charge in [0.05, 0.1) is 5.48 Å². The van der Waals surface area contributed by atoms with E-state index in [9.17, 15) is 19.5 Å². The zero-order valence-corrected chi connectivity index (χ0v) is 14.9. The number of aliphatic hydroxyl groups is 1. The Bertz CT molecular complexity index is 1060.